The molecule has 3 nitrogen and oxygen atoms in total. The topological polar surface area (TPSA) is 43.4 Å². The van der Waals surface area contributed by atoms with Gasteiger partial charge in [0.1, 0.15) is 4.88 Å². The standard InChI is InChI=1S/C11H7BrO3S/c1-15-11(14)10-5-8(13)7-4-6(12)2-3-9(7)16-10/h2-5H,1H3. The Labute approximate surface area is 104 Å². The largest absolute Gasteiger partial charge is 0.465 e. The number of esters is 1. The van der Waals surface area contributed by atoms with Crippen molar-refractivity contribution in [3.63, 3.8) is 0 Å². The second-order valence-electron chi connectivity index (χ2n) is 3.11. The van der Waals surface area contributed by atoms with Gasteiger partial charge < -0.3 is 4.74 Å². The third kappa shape index (κ3) is 2.01. The molecule has 1 aromatic carbocycles. The lowest BCUT2D eigenvalue weighted by molar-refractivity contribution is 0.0606. The van der Waals surface area contributed by atoms with Crippen molar-refractivity contribution in [1.82, 2.24) is 0 Å². The molecule has 0 aliphatic rings. The maximum atomic E-state index is 11.8. The lowest BCUT2D eigenvalue weighted by Crippen LogP contribution is -2.06. The quantitative estimate of drug-likeness (QED) is 0.761. The molecule has 0 fully saturated rings. The SMILES string of the molecule is COC(=O)c1cc(=O)c2cc(Br)ccc2s1. The van der Waals surface area contributed by atoms with Crippen molar-refractivity contribution < 1.29 is 9.53 Å². The highest BCUT2D eigenvalue weighted by atomic mass is 79.9. The molecule has 0 atom stereocenters. The fourth-order valence-electron chi connectivity index (χ4n) is 1.33. The molecule has 2 aromatic rings. The molecule has 0 N–H and O–H groups in total. The number of methoxy groups -OCH3 is 1. The Kier molecular flexibility index (Phi) is 3.07. The number of hydrogen-bond donors (Lipinski definition) is 0. The zero-order valence-corrected chi connectivity index (χ0v) is 10.7. The molecule has 0 aliphatic carbocycles. The number of carbonyl (C=O) groups is 1. The van der Waals surface area contributed by atoms with Crippen LogP contribution in [0, 0.1) is 0 Å². The Hall–Kier alpha value is -1.20. The first-order valence-electron chi connectivity index (χ1n) is 4.43. The Bertz CT molecular complexity index is 618. The third-order valence-electron chi connectivity index (χ3n) is 2.08. The molecule has 0 bridgehead atoms. The normalized spacial score (nSPS) is 10.4. The van der Waals surface area contributed by atoms with Crippen LogP contribution >= 0.6 is 27.3 Å². The summed E-state index contributed by atoms with van der Waals surface area (Å²) in [6, 6.07) is 6.69. The zero-order chi connectivity index (χ0) is 11.7. The summed E-state index contributed by atoms with van der Waals surface area (Å²) < 4.78 is 6.20. The predicted molar refractivity (Wildman–Crippen MR) is 67.1 cm³/mol. The number of hydrogen-bond acceptors (Lipinski definition) is 4. The molecule has 82 valence electrons. The van der Waals surface area contributed by atoms with E-state index in [0.29, 0.717) is 10.3 Å². The molecule has 0 unspecified atom stereocenters. The summed E-state index contributed by atoms with van der Waals surface area (Å²) in [6.45, 7) is 0. The highest BCUT2D eigenvalue weighted by Gasteiger charge is 2.10. The maximum absolute atomic E-state index is 11.8. The lowest BCUT2D eigenvalue weighted by Gasteiger charge is -2.00. The molecular weight excluding hydrogens is 292 g/mol. The molecular formula is C11H7BrO3S. The fourth-order valence-corrected chi connectivity index (χ4v) is 2.67. The number of fused-ring (bicyclic) bond motifs is 1. The Balaban J connectivity index is 2.73. The smallest absolute Gasteiger partial charge is 0.348 e. The highest BCUT2D eigenvalue weighted by Crippen LogP contribution is 2.22. The first-order valence-corrected chi connectivity index (χ1v) is 6.04. The average Bonchev–Trinajstić information content (AvgIpc) is 2.28. The number of benzene rings is 1. The van der Waals surface area contributed by atoms with Crippen molar-refractivity contribution >= 4 is 43.3 Å². The van der Waals surface area contributed by atoms with E-state index in [4.69, 9.17) is 0 Å². The molecule has 0 saturated heterocycles. The molecule has 1 aromatic heterocycles. The van der Waals surface area contributed by atoms with Crippen LogP contribution in [0.5, 0.6) is 0 Å². The first kappa shape index (κ1) is 11.3. The summed E-state index contributed by atoms with van der Waals surface area (Å²) in [5.41, 5.74) is -0.171. The van der Waals surface area contributed by atoms with E-state index >= 15 is 0 Å². The molecule has 0 saturated carbocycles. The number of ether oxygens (including phenoxy) is 1. The van der Waals surface area contributed by atoms with E-state index in [1.54, 1.807) is 12.1 Å². The van der Waals surface area contributed by atoms with Crippen LogP contribution in [-0.4, -0.2) is 13.1 Å². The summed E-state index contributed by atoms with van der Waals surface area (Å²) in [4.78, 5) is 23.4. The van der Waals surface area contributed by atoms with Gasteiger partial charge in [-0.2, -0.15) is 0 Å². The zero-order valence-electron chi connectivity index (χ0n) is 8.32. The average molecular weight is 299 g/mol. The van der Waals surface area contributed by atoms with Crippen molar-refractivity contribution in [3.8, 4) is 0 Å². The second kappa shape index (κ2) is 4.35. The number of halogens is 1. The number of rotatable bonds is 1. The molecule has 2 rings (SSSR count). The number of carbonyl (C=O) groups excluding carboxylic acids is 1. The minimum Gasteiger partial charge on any atom is -0.465 e. The van der Waals surface area contributed by atoms with Crippen LogP contribution in [0.4, 0.5) is 0 Å². The predicted octanol–water partition coefficient (Wildman–Crippen LogP) is 2.81. The van der Waals surface area contributed by atoms with Gasteiger partial charge in [-0.1, -0.05) is 15.9 Å². The molecule has 5 heteroatoms. The summed E-state index contributed by atoms with van der Waals surface area (Å²) in [7, 11) is 1.30. The van der Waals surface area contributed by atoms with E-state index in [-0.39, 0.29) is 5.43 Å². The van der Waals surface area contributed by atoms with Gasteiger partial charge in [0.05, 0.1) is 7.11 Å². The third-order valence-corrected chi connectivity index (χ3v) is 3.65. The van der Waals surface area contributed by atoms with Gasteiger partial charge in [-0.15, -0.1) is 11.3 Å². The van der Waals surface area contributed by atoms with Crippen LogP contribution in [0.3, 0.4) is 0 Å². The van der Waals surface area contributed by atoms with Crippen LogP contribution in [0.2, 0.25) is 0 Å². The first-order chi connectivity index (χ1) is 7.61. The van der Waals surface area contributed by atoms with Gasteiger partial charge in [-0.3, -0.25) is 4.79 Å². The van der Waals surface area contributed by atoms with Crippen LogP contribution in [0.1, 0.15) is 9.67 Å². The van der Waals surface area contributed by atoms with Crippen molar-refractivity contribution in [3.05, 3.63) is 43.8 Å². The van der Waals surface area contributed by atoms with Gasteiger partial charge >= 0.3 is 5.97 Å². The molecule has 16 heavy (non-hydrogen) atoms. The van der Waals surface area contributed by atoms with Crippen molar-refractivity contribution in [2.75, 3.05) is 7.11 Å². The molecule has 0 radical (unpaired) electrons. The van der Waals surface area contributed by atoms with Crippen LogP contribution < -0.4 is 5.43 Å². The monoisotopic (exact) mass is 298 g/mol. The Morgan fingerprint density at radius 2 is 2.12 bits per heavy atom. The summed E-state index contributed by atoms with van der Waals surface area (Å²) in [5, 5.41) is 0.604. The Morgan fingerprint density at radius 1 is 1.38 bits per heavy atom. The van der Waals surface area contributed by atoms with E-state index in [2.05, 4.69) is 20.7 Å². The summed E-state index contributed by atoms with van der Waals surface area (Å²) in [6.07, 6.45) is 0. The fraction of sp³-hybridized carbons (Fsp3) is 0.0909. The van der Waals surface area contributed by atoms with E-state index in [1.165, 1.54) is 24.5 Å². The van der Waals surface area contributed by atoms with Crippen molar-refractivity contribution in [1.29, 1.82) is 0 Å². The Morgan fingerprint density at radius 3 is 2.81 bits per heavy atom. The van der Waals surface area contributed by atoms with Crippen molar-refractivity contribution in [2.24, 2.45) is 0 Å². The minimum absolute atomic E-state index is 0.171. The highest BCUT2D eigenvalue weighted by molar-refractivity contribution is 9.10. The molecule has 0 spiro atoms. The lowest BCUT2D eigenvalue weighted by atomic mass is 10.2. The van der Waals surface area contributed by atoms with Gasteiger partial charge in [0, 0.05) is 20.6 Å². The molecule has 0 aliphatic heterocycles. The van der Waals surface area contributed by atoms with Gasteiger partial charge in [0.2, 0.25) is 0 Å². The van der Waals surface area contributed by atoms with E-state index in [0.717, 1.165) is 9.17 Å². The molecule has 0 amide bonds. The van der Waals surface area contributed by atoms with E-state index in [9.17, 15) is 9.59 Å². The van der Waals surface area contributed by atoms with Crippen molar-refractivity contribution in [2.45, 2.75) is 0 Å². The van der Waals surface area contributed by atoms with Crippen LogP contribution in [-0.2, 0) is 4.74 Å². The van der Waals surface area contributed by atoms with E-state index in [1.807, 2.05) is 6.07 Å². The minimum atomic E-state index is -0.480. The van der Waals surface area contributed by atoms with Crippen LogP contribution in [0.25, 0.3) is 10.1 Å². The maximum Gasteiger partial charge on any atom is 0.348 e. The van der Waals surface area contributed by atoms with Gasteiger partial charge in [-0.05, 0) is 18.2 Å². The molecule has 1 heterocycles. The van der Waals surface area contributed by atoms with Gasteiger partial charge in [0.25, 0.3) is 0 Å². The summed E-state index contributed by atoms with van der Waals surface area (Å²) >= 11 is 4.55. The summed E-state index contributed by atoms with van der Waals surface area (Å²) in [5.74, 6) is -0.480. The van der Waals surface area contributed by atoms with Gasteiger partial charge in [-0.25, -0.2) is 4.79 Å². The van der Waals surface area contributed by atoms with E-state index < -0.39 is 5.97 Å². The second-order valence-corrected chi connectivity index (χ2v) is 5.11. The van der Waals surface area contributed by atoms with Gasteiger partial charge in [0.15, 0.2) is 5.43 Å². The van der Waals surface area contributed by atoms with Crippen LogP contribution in [0.15, 0.2) is 33.5 Å².